The summed E-state index contributed by atoms with van der Waals surface area (Å²) in [5.41, 5.74) is 7.15. The van der Waals surface area contributed by atoms with Gasteiger partial charge in [-0.3, -0.25) is 0 Å². The Morgan fingerprint density at radius 1 is 1.37 bits per heavy atom. The Labute approximate surface area is 111 Å². The fourth-order valence-electron chi connectivity index (χ4n) is 1.84. The summed E-state index contributed by atoms with van der Waals surface area (Å²) in [6.07, 6.45) is 0.768. The van der Waals surface area contributed by atoms with E-state index in [9.17, 15) is 4.39 Å². The van der Waals surface area contributed by atoms with Crippen molar-refractivity contribution in [1.82, 2.24) is 10.1 Å². The number of nitrogens with zero attached hydrogens (tertiary/aromatic N) is 2. The molecule has 0 aliphatic carbocycles. The van der Waals surface area contributed by atoms with E-state index >= 15 is 0 Å². The maximum atomic E-state index is 13.5. The maximum Gasteiger partial charge on any atom is 0.243 e. The molecule has 1 aromatic carbocycles. The first-order chi connectivity index (χ1) is 8.97. The maximum absolute atomic E-state index is 13.5. The van der Waals surface area contributed by atoms with Gasteiger partial charge in [0.25, 0.3) is 0 Å². The van der Waals surface area contributed by atoms with Gasteiger partial charge >= 0.3 is 0 Å². The summed E-state index contributed by atoms with van der Waals surface area (Å²) in [6, 6.07) is 4.57. The molecule has 0 spiro atoms. The number of aromatic nitrogens is 2. The van der Waals surface area contributed by atoms with E-state index in [1.165, 1.54) is 6.07 Å². The highest BCUT2D eigenvalue weighted by Crippen LogP contribution is 2.22. The second-order valence-corrected chi connectivity index (χ2v) is 5.16. The van der Waals surface area contributed by atoms with Gasteiger partial charge in [-0.1, -0.05) is 31.1 Å². The Bertz CT molecular complexity index is 566. The lowest BCUT2D eigenvalue weighted by Gasteiger charge is -2.08. The summed E-state index contributed by atoms with van der Waals surface area (Å²) in [6.45, 7) is 5.86. The monoisotopic (exact) mass is 263 g/mol. The van der Waals surface area contributed by atoms with Crippen LogP contribution in [-0.2, 0) is 0 Å². The minimum Gasteiger partial charge on any atom is -0.337 e. The molecule has 2 aromatic rings. The van der Waals surface area contributed by atoms with Crippen molar-refractivity contribution in [3.05, 3.63) is 35.5 Å². The quantitative estimate of drug-likeness (QED) is 0.919. The third-order valence-corrected chi connectivity index (χ3v) is 2.91. The van der Waals surface area contributed by atoms with Crippen LogP contribution in [0.2, 0.25) is 0 Å². The van der Waals surface area contributed by atoms with Crippen molar-refractivity contribution in [1.29, 1.82) is 0 Å². The van der Waals surface area contributed by atoms with Crippen molar-refractivity contribution < 1.29 is 8.91 Å². The highest BCUT2D eigenvalue weighted by Gasteiger charge is 2.17. The molecule has 0 unspecified atom stereocenters. The molecule has 0 radical (unpaired) electrons. The standard InChI is InChI=1S/C14H18FN3O/c1-8(2)6-12(16)14-17-13(18-19-14)10-5-4-9(3)11(15)7-10/h4-5,7-8,12H,6,16H2,1-3H3/t12-/m1/s1. The van der Waals surface area contributed by atoms with Crippen molar-refractivity contribution >= 4 is 0 Å². The highest BCUT2D eigenvalue weighted by molar-refractivity contribution is 5.54. The SMILES string of the molecule is Cc1ccc(-c2noc([C@H](N)CC(C)C)n2)cc1F. The molecule has 2 N–H and O–H groups in total. The van der Waals surface area contributed by atoms with Crippen LogP contribution in [0.4, 0.5) is 4.39 Å². The molecule has 1 atom stereocenters. The van der Waals surface area contributed by atoms with E-state index in [0.717, 1.165) is 6.42 Å². The van der Waals surface area contributed by atoms with Crippen LogP contribution in [0.15, 0.2) is 22.7 Å². The molecule has 0 saturated carbocycles. The van der Waals surface area contributed by atoms with E-state index in [4.69, 9.17) is 10.3 Å². The van der Waals surface area contributed by atoms with Crippen LogP contribution in [0.25, 0.3) is 11.4 Å². The second-order valence-electron chi connectivity index (χ2n) is 5.16. The highest BCUT2D eigenvalue weighted by atomic mass is 19.1. The van der Waals surface area contributed by atoms with Crippen LogP contribution in [-0.4, -0.2) is 10.1 Å². The van der Waals surface area contributed by atoms with Gasteiger partial charge in [-0.15, -0.1) is 0 Å². The molecule has 5 heteroatoms. The number of halogens is 1. The van der Waals surface area contributed by atoms with Gasteiger partial charge in [-0.2, -0.15) is 4.98 Å². The number of aryl methyl sites for hydroxylation is 1. The summed E-state index contributed by atoms with van der Waals surface area (Å²) in [5.74, 6) is 0.926. The average Bonchev–Trinajstić information content (AvgIpc) is 2.81. The topological polar surface area (TPSA) is 64.9 Å². The minimum absolute atomic E-state index is 0.281. The third kappa shape index (κ3) is 3.17. The van der Waals surface area contributed by atoms with Gasteiger partial charge in [0.2, 0.25) is 11.7 Å². The molecule has 0 fully saturated rings. The number of nitrogens with two attached hydrogens (primary N) is 1. The Balaban J connectivity index is 2.22. The molecule has 0 amide bonds. The molecule has 0 aliphatic rings. The molecule has 102 valence electrons. The first-order valence-corrected chi connectivity index (χ1v) is 6.33. The van der Waals surface area contributed by atoms with Crippen molar-refractivity contribution in [3.63, 3.8) is 0 Å². The van der Waals surface area contributed by atoms with Crippen LogP contribution in [0, 0.1) is 18.7 Å². The zero-order valence-corrected chi connectivity index (χ0v) is 11.4. The van der Waals surface area contributed by atoms with Gasteiger partial charge in [0, 0.05) is 5.56 Å². The first kappa shape index (κ1) is 13.7. The predicted octanol–water partition coefficient (Wildman–Crippen LogP) is 3.23. The summed E-state index contributed by atoms with van der Waals surface area (Å²) >= 11 is 0. The Morgan fingerprint density at radius 2 is 2.11 bits per heavy atom. The molecular weight excluding hydrogens is 245 g/mol. The smallest absolute Gasteiger partial charge is 0.243 e. The van der Waals surface area contributed by atoms with Crippen molar-refractivity contribution in [2.75, 3.05) is 0 Å². The van der Waals surface area contributed by atoms with E-state index < -0.39 is 0 Å². The van der Waals surface area contributed by atoms with Crippen LogP contribution in [0.1, 0.15) is 37.8 Å². The van der Waals surface area contributed by atoms with Gasteiger partial charge in [-0.05, 0) is 30.9 Å². The average molecular weight is 263 g/mol. The summed E-state index contributed by atoms with van der Waals surface area (Å²) in [5, 5.41) is 3.85. The largest absolute Gasteiger partial charge is 0.337 e. The van der Waals surface area contributed by atoms with E-state index in [1.54, 1.807) is 19.1 Å². The normalized spacial score (nSPS) is 12.9. The number of hydrogen-bond acceptors (Lipinski definition) is 4. The fraction of sp³-hybridized carbons (Fsp3) is 0.429. The van der Waals surface area contributed by atoms with Gasteiger partial charge in [0.15, 0.2) is 0 Å². The molecule has 0 bridgehead atoms. The lowest BCUT2D eigenvalue weighted by molar-refractivity contribution is 0.335. The molecule has 0 aliphatic heterocycles. The van der Waals surface area contributed by atoms with Crippen LogP contribution in [0.5, 0.6) is 0 Å². The lowest BCUT2D eigenvalue weighted by atomic mass is 10.0. The molecule has 1 aromatic heterocycles. The zero-order chi connectivity index (χ0) is 14.0. The molecule has 19 heavy (non-hydrogen) atoms. The molecule has 1 heterocycles. The Morgan fingerprint density at radius 3 is 2.74 bits per heavy atom. The molecule has 2 rings (SSSR count). The fourth-order valence-corrected chi connectivity index (χ4v) is 1.84. The summed E-state index contributed by atoms with van der Waals surface area (Å²) in [4.78, 5) is 4.23. The van der Waals surface area contributed by atoms with E-state index in [1.807, 2.05) is 0 Å². The summed E-state index contributed by atoms with van der Waals surface area (Å²) in [7, 11) is 0. The van der Waals surface area contributed by atoms with Crippen molar-refractivity contribution in [3.8, 4) is 11.4 Å². The first-order valence-electron chi connectivity index (χ1n) is 6.33. The third-order valence-electron chi connectivity index (χ3n) is 2.91. The molecule has 4 nitrogen and oxygen atoms in total. The van der Waals surface area contributed by atoms with Crippen molar-refractivity contribution in [2.24, 2.45) is 11.7 Å². The number of hydrogen-bond donors (Lipinski definition) is 1. The minimum atomic E-state index is -0.282. The van der Waals surface area contributed by atoms with Gasteiger partial charge in [0.1, 0.15) is 5.82 Å². The van der Waals surface area contributed by atoms with Crippen LogP contribution in [0.3, 0.4) is 0 Å². The predicted molar refractivity (Wildman–Crippen MR) is 70.8 cm³/mol. The zero-order valence-electron chi connectivity index (χ0n) is 11.4. The molecule has 0 saturated heterocycles. The lowest BCUT2D eigenvalue weighted by Crippen LogP contribution is -2.13. The van der Waals surface area contributed by atoms with Crippen LogP contribution >= 0.6 is 0 Å². The van der Waals surface area contributed by atoms with Crippen molar-refractivity contribution in [2.45, 2.75) is 33.2 Å². The second kappa shape index (κ2) is 5.48. The van der Waals surface area contributed by atoms with Gasteiger partial charge in [-0.25, -0.2) is 4.39 Å². The molecular formula is C14H18FN3O. The number of benzene rings is 1. The number of rotatable bonds is 4. The Hall–Kier alpha value is -1.75. The Kier molecular flexibility index (Phi) is 3.95. The van der Waals surface area contributed by atoms with Crippen LogP contribution < -0.4 is 5.73 Å². The van der Waals surface area contributed by atoms with Gasteiger partial charge in [0.05, 0.1) is 6.04 Å². The summed E-state index contributed by atoms with van der Waals surface area (Å²) < 4.78 is 18.6. The van der Waals surface area contributed by atoms with E-state index in [0.29, 0.717) is 28.8 Å². The van der Waals surface area contributed by atoms with E-state index in [-0.39, 0.29) is 11.9 Å². The van der Waals surface area contributed by atoms with E-state index in [2.05, 4.69) is 24.0 Å². The van der Waals surface area contributed by atoms with Gasteiger partial charge < -0.3 is 10.3 Å².